The largest absolute Gasteiger partial charge is 0.506 e. The molecule has 0 spiro atoms. The summed E-state index contributed by atoms with van der Waals surface area (Å²) in [5, 5.41) is 21.0. The number of hydrogen-bond acceptors (Lipinski definition) is 4. The third-order valence-corrected chi connectivity index (χ3v) is 4.54. The number of aromatic nitrogens is 1. The van der Waals surface area contributed by atoms with E-state index < -0.39 is 12.7 Å². The summed E-state index contributed by atoms with van der Waals surface area (Å²) < 4.78 is 18.4. The fourth-order valence-electron chi connectivity index (χ4n) is 2.78. The Morgan fingerprint density at radius 1 is 0.966 bits per heavy atom. The molecular weight excluding hydrogens is 392 g/mol. The molecule has 146 valence electrons. The number of phenolic OH excluding ortho intramolecular Hbond substituents is 1. The molecule has 0 atom stereocenters. The molecule has 4 nitrogen and oxygen atoms in total. The molecule has 4 aromatic rings. The van der Waals surface area contributed by atoms with Gasteiger partial charge in [-0.15, -0.1) is 0 Å². The Kier molecular flexibility index (Phi) is 6.70. The molecular formula is C22H18BClFNO3. The zero-order valence-corrected chi connectivity index (χ0v) is 16.3. The molecule has 0 radical (unpaired) electrons. The maximum absolute atomic E-state index is 13.5. The first-order valence-electron chi connectivity index (χ1n) is 8.79. The molecule has 29 heavy (non-hydrogen) atoms. The second kappa shape index (κ2) is 9.41. The highest BCUT2D eigenvalue weighted by Gasteiger charge is 2.18. The number of ether oxygens (including phenoxy) is 1. The maximum atomic E-state index is 13.5. The van der Waals surface area contributed by atoms with Crippen molar-refractivity contribution in [2.24, 2.45) is 0 Å². The summed E-state index contributed by atoms with van der Waals surface area (Å²) in [5.41, 5.74) is 1.79. The van der Waals surface area contributed by atoms with Crippen molar-refractivity contribution in [3.63, 3.8) is 0 Å². The summed E-state index contributed by atoms with van der Waals surface area (Å²) in [7, 11) is 1.40. The molecule has 0 aliphatic carbocycles. The standard InChI is InChI=1S/C13H11BClFO2.C9H7NO/c1-18-13-7-4-10(8-12(13)16)14(17)9-2-5-11(15)6-3-9;11-8-5-1-3-7-4-2-6-10-9(7)8/h2-8,17H,1H3;1-6,11H. The molecule has 0 aliphatic rings. The van der Waals surface area contributed by atoms with E-state index in [9.17, 15) is 14.5 Å². The lowest BCUT2D eigenvalue weighted by molar-refractivity contribution is 0.387. The number of halogens is 2. The van der Waals surface area contributed by atoms with Gasteiger partial charge < -0.3 is 14.9 Å². The predicted octanol–water partition coefficient (Wildman–Crippen LogP) is 3.53. The van der Waals surface area contributed by atoms with Crippen molar-refractivity contribution in [1.82, 2.24) is 4.98 Å². The van der Waals surface area contributed by atoms with E-state index in [1.54, 1.807) is 48.7 Å². The van der Waals surface area contributed by atoms with Crippen molar-refractivity contribution in [3.8, 4) is 11.5 Å². The summed E-state index contributed by atoms with van der Waals surface area (Å²) in [6.07, 6.45) is 1.67. The summed E-state index contributed by atoms with van der Waals surface area (Å²) in [6.45, 7) is -0.886. The Morgan fingerprint density at radius 3 is 2.31 bits per heavy atom. The molecule has 0 aliphatic heterocycles. The van der Waals surface area contributed by atoms with Crippen LogP contribution in [-0.2, 0) is 0 Å². The van der Waals surface area contributed by atoms with Crippen molar-refractivity contribution in [1.29, 1.82) is 0 Å². The van der Waals surface area contributed by atoms with Gasteiger partial charge in [0.1, 0.15) is 11.3 Å². The van der Waals surface area contributed by atoms with Crippen LogP contribution in [0.25, 0.3) is 10.9 Å². The van der Waals surface area contributed by atoms with E-state index in [1.165, 1.54) is 19.2 Å². The summed E-state index contributed by atoms with van der Waals surface area (Å²) in [6, 6.07) is 20.3. The molecule has 1 aromatic heterocycles. The van der Waals surface area contributed by atoms with E-state index in [-0.39, 0.29) is 11.5 Å². The molecule has 0 fully saturated rings. The topological polar surface area (TPSA) is 62.6 Å². The van der Waals surface area contributed by atoms with E-state index in [2.05, 4.69) is 4.98 Å². The average Bonchev–Trinajstić information content (AvgIpc) is 2.74. The van der Waals surface area contributed by atoms with Crippen LogP contribution in [0.2, 0.25) is 5.02 Å². The highest BCUT2D eigenvalue weighted by atomic mass is 35.5. The first-order chi connectivity index (χ1) is 14.0. The molecule has 0 amide bonds. The summed E-state index contributed by atoms with van der Waals surface area (Å²) >= 11 is 5.77. The molecule has 0 saturated heterocycles. The normalized spacial score (nSPS) is 10.2. The molecule has 2 N–H and O–H groups in total. The number of aromatic hydroxyl groups is 1. The van der Waals surface area contributed by atoms with Crippen LogP contribution in [0.15, 0.2) is 79.0 Å². The number of para-hydroxylation sites is 1. The van der Waals surface area contributed by atoms with Gasteiger partial charge in [0.25, 0.3) is 0 Å². The lowest BCUT2D eigenvalue weighted by Crippen LogP contribution is -2.42. The van der Waals surface area contributed by atoms with Gasteiger partial charge in [-0.25, -0.2) is 4.39 Å². The van der Waals surface area contributed by atoms with E-state index in [4.69, 9.17) is 16.3 Å². The van der Waals surface area contributed by atoms with Gasteiger partial charge >= 0.3 is 6.92 Å². The fraction of sp³-hybridized carbons (Fsp3) is 0.0455. The number of nitrogens with zero attached hydrogens (tertiary/aromatic N) is 1. The Hall–Kier alpha value is -3.09. The molecule has 0 unspecified atom stereocenters. The minimum absolute atomic E-state index is 0.155. The Labute approximate surface area is 173 Å². The quantitative estimate of drug-likeness (QED) is 0.508. The molecule has 7 heteroatoms. The first kappa shape index (κ1) is 20.6. The number of rotatable bonds is 3. The minimum atomic E-state index is -0.886. The minimum Gasteiger partial charge on any atom is -0.506 e. The van der Waals surface area contributed by atoms with Crippen LogP contribution in [0.5, 0.6) is 11.5 Å². The van der Waals surface area contributed by atoms with Gasteiger partial charge in [0.05, 0.1) is 7.11 Å². The third-order valence-electron chi connectivity index (χ3n) is 4.29. The van der Waals surface area contributed by atoms with Crippen LogP contribution in [0, 0.1) is 5.82 Å². The smallest absolute Gasteiger partial charge is 0.359 e. The SMILES string of the molecule is COc1ccc(B(O)c2ccc(Cl)cc2)cc1F.Oc1cccc2cccnc12. The lowest BCUT2D eigenvalue weighted by atomic mass is 9.56. The fourth-order valence-corrected chi connectivity index (χ4v) is 2.90. The lowest BCUT2D eigenvalue weighted by Gasteiger charge is -2.09. The zero-order chi connectivity index (χ0) is 20.8. The van der Waals surface area contributed by atoms with Crippen molar-refractivity contribution in [2.75, 3.05) is 7.11 Å². The van der Waals surface area contributed by atoms with Crippen molar-refractivity contribution in [2.45, 2.75) is 0 Å². The Balaban J connectivity index is 0.000000186. The highest BCUT2D eigenvalue weighted by molar-refractivity contribution is 6.78. The Morgan fingerprint density at radius 2 is 1.66 bits per heavy atom. The van der Waals surface area contributed by atoms with Crippen LogP contribution >= 0.6 is 11.6 Å². The van der Waals surface area contributed by atoms with Gasteiger partial charge in [0.2, 0.25) is 0 Å². The second-order valence-corrected chi connectivity index (χ2v) is 6.64. The van der Waals surface area contributed by atoms with Crippen LogP contribution in [0.4, 0.5) is 4.39 Å². The van der Waals surface area contributed by atoms with Gasteiger partial charge in [-0.2, -0.15) is 0 Å². The average molecular weight is 410 g/mol. The van der Waals surface area contributed by atoms with E-state index in [0.717, 1.165) is 5.39 Å². The van der Waals surface area contributed by atoms with Crippen LogP contribution in [0.1, 0.15) is 0 Å². The molecule has 4 rings (SSSR count). The number of hydrogen-bond donors (Lipinski definition) is 2. The van der Waals surface area contributed by atoms with Gasteiger partial charge in [0, 0.05) is 16.6 Å². The Bertz CT molecular complexity index is 1100. The van der Waals surface area contributed by atoms with Crippen LogP contribution < -0.4 is 15.7 Å². The monoisotopic (exact) mass is 409 g/mol. The molecule has 3 aromatic carbocycles. The molecule has 0 saturated carbocycles. The summed E-state index contributed by atoms with van der Waals surface area (Å²) in [5.74, 6) is -0.104. The van der Waals surface area contributed by atoms with Crippen LogP contribution in [0.3, 0.4) is 0 Å². The number of pyridine rings is 1. The molecule has 1 heterocycles. The second-order valence-electron chi connectivity index (χ2n) is 6.20. The van der Waals surface area contributed by atoms with Crippen molar-refractivity contribution in [3.05, 3.63) is 89.8 Å². The van der Waals surface area contributed by atoms with Crippen molar-refractivity contribution >= 4 is 40.3 Å². The maximum Gasteiger partial charge on any atom is 0.359 e. The third kappa shape index (κ3) is 5.05. The van der Waals surface area contributed by atoms with Gasteiger partial charge in [0.15, 0.2) is 11.6 Å². The summed E-state index contributed by atoms with van der Waals surface area (Å²) in [4.78, 5) is 4.03. The predicted molar refractivity (Wildman–Crippen MR) is 115 cm³/mol. The van der Waals surface area contributed by atoms with E-state index >= 15 is 0 Å². The first-order valence-corrected chi connectivity index (χ1v) is 9.17. The number of benzene rings is 3. The van der Waals surface area contributed by atoms with E-state index in [1.807, 2.05) is 18.2 Å². The zero-order valence-electron chi connectivity index (χ0n) is 15.6. The van der Waals surface area contributed by atoms with Gasteiger partial charge in [-0.1, -0.05) is 48.0 Å². The number of phenols is 1. The molecule has 0 bridgehead atoms. The van der Waals surface area contributed by atoms with E-state index in [0.29, 0.717) is 21.5 Å². The number of methoxy groups -OCH3 is 1. The van der Waals surface area contributed by atoms with Crippen molar-refractivity contribution < 1.29 is 19.3 Å². The van der Waals surface area contributed by atoms with Gasteiger partial charge in [-0.05, 0) is 47.3 Å². The van der Waals surface area contributed by atoms with Crippen LogP contribution in [-0.4, -0.2) is 29.1 Å². The number of fused-ring (bicyclic) bond motifs is 1. The van der Waals surface area contributed by atoms with Gasteiger partial charge in [-0.3, -0.25) is 4.98 Å². The highest BCUT2D eigenvalue weighted by Crippen LogP contribution is 2.20.